The van der Waals surface area contributed by atoms with E-state index < -0.39 is 0 Å². The number of hydrogen-bond acceptors (Lipinski definition) is 3. The summed E-state index contributed by atoms with van der Waals surface area (Å²) in [4.78, 5) is 4.56. The first kappa shape index (κ1) is 20.4. The van der Waals surface area contributed by atoms with Gasteiger partial charge in [-0.2, -0.15) is 0 Å². The van der Waals surface area contributed by atoms with Crippen LogP contribution in [0.15, 0.2) is 53.1 Å². The number of benzene rings is 2. The number of halogens is 2. The van der Waals surface area contributed by atoms with Gasteiger partial charge in [-0.05, 0) is 49.7 Å². The van der Waals surface area contributed by atoms with E-state index in [9.17, 15) is 4.39 Å². The van der Waals surface area contributed by atoms with Gasteiger partial charge in [0.15, 0.2) is 0 Å². The van der Waals surface area contributed by atoms with Gasteiger partial charge in [0, 0.05) is 28.7 Å². The summed E-state index contributed by atoms with van der Waals surface area (Å²) in [6.07, 6.45) is 3.99. The normalized spacial score (nSPS) is 10.9. The topological polar surface area (TPSA) is 39.1 Å². The molecule has 28 heavy (non-hydrogen) atoms. The van der Waals surface area contributed by atoms with Gasteiger partial charge < -0.3 is 14.6 Å². The van der Waals surface area contributed by atoms with E-state index in [1.165, 1.54) is 6.07 Å². The van der Waals surface area contributed by atoms with Crippen molar-refractivity contribution in [3.05, 3.63) is 64.5 Å². The van der Waals surface area contributed by atoms with Crippen molar-refractivity contribution in [1.29, 1.82) is 0 Å². The molecule has 0 amide bonds. The van der Waals surface area contributed by atoms with Crippen LogP contribution in [0.3, 0.4) is 0 Å². The molecule has 0 spiro atoms. The van der Waals surface area contributed by atoms with Crippen molar-refractivity contribution in [1.82, 2.24) is 9.55 Å². The van der Waals surface area contributed by atoms with Gasteiger partial charge in [-0.3, -0.25) is 0 Å². The third-order valence-corrected chi connectivity index (χ3v) is 5.28. The number of rotatable bonds is 9. The molecule has 3 aromatic rings. The van der Waals surface area contributed by atoms with Gasteiger partial charge in [0.05, 0.1) is 18.5 Å². The van der Waals surface area contributed by atoms with Crippen LogP contribution in [0.25, 0.3) is 11.3 Å². The van der Waals surface area contributed by atoms with E-state index in [0.717, 1.165) is 46.8 Å². The molecule has 1 aromatic heterocycles. The Bertz CT molecular complexity index is 888. The third kappa shape index (κ3) is 4.73. The molecule has 1 heterocycles. The van der Waals surface area contributed by atoms with Crippen molar-refractivity contribution in [3.63, 3.8) is 0 Å². The summed E-state index contributed by atoms with van der Waals surface area (Å²) >= 11 is 3.42. The van der Waals surface area contributed by atoms with Gasteiger partial charge in [-0.1, -0.05) is 35.3 Å². The molecule has 3 rings (SSSR count). The second-order valence-electron chi connectivity index (χ2n) is 6.48. The Morgan fingerprint density at radius 1 is 1.14 bits per heavy atom. The van der Waals surface area contributed by atoms with Crippen molar-refractivity contribution in [3.8, 4) is 17.0 Å². The zero-order valence-corrected chi connectivity index (χ0v) is 17.8. The number of hydrogen-bond donors (Lipinski definition) is 1. The molecular formula is C22H25BrFN3O. The second-order valence-corrected chi connectivity index (χ2v) is 7.34. The summed E-state index contributed by atoms with van der Waals surface area (Å²) in [5.74, 6) is 1.36. The molecule has 0 saturated carbocycles. The Kier molecular flexibility index (Phi) is 7.09. The fourth-order valence-corrected chi connectivity index (χ4v) is 3.53. The SMILES string of the molecule is CCCCn1c(-c2ccc(OCC)cc2)cnc1NCc1c(F)cccc1Br. The molecular weight excluding hydrogens is 421 g/mol. The summed E-state index contributed by atoms with van der Waals surface area (Å²) in [6, 6.07) is 13.0. The van der Waals surface area contributed by atoms with E-state index in [4.69, 9.17) is 4.74 Å². The molecule has 6 heteroatoms. The molecule has 1 N–H and O–H groups in total. The standard InChI is InChI=1S/C22H25BrFN3O/c1-3-5-13-27-21(16-9-11-17(12-10-16)28-4-2)15-26-22(27)25-14-18-19(23)7-6-8-20(18)24/h6-12,15H,3-5,13-14H2,1-2H3,(H,25,26). The first-order valence-corrected chi connectivity index (χ1v) is 10.4. The van der Waals surface area contributed by atoms with Crippen LogP contribution in [0.2, 0.25) is 0 Å². The number of imidazole rings is 1. The molecule has 0 saturated heterocycles. The summed E-state index contributed by atoms with van der Waals surface area (Å²) in [6.45, 7) is 5.99. The fourth-order valence-electron chi connectivity index (χ4n) is 3.05. The maximum atomic E-state index is 14.1. The molecule has 0 atom stereocenters. The highest BCUT2D eigenvalue weighted by Crippen LogP contribution is 2.27. The number of nitrogens with zero attached hydrogens (tertiary/aromatic N) is 2. The van der Waals surface area contributed by atoms with Gasteiger partial charge >= 0.3 is 0 Å². The van der Waals surface area contributed by atoms with E-state index in [-0.39, 0.29) is 5.82 Å². The molecule has 0 unspecified atom stereocenters. The number of aromatic nitrogens is 2. The average molecular weight is 446 g/mol. The summed E-state index contributed by atoms with van der Waals surface area (Å²) in [5.41, 5.74) is 2.70. The van der Waals surface area contributed by atoms with Crippen molar-refractivity contribution in [2.24, 2.45) is 0 Å². The minimum Gasteiger partial charge on any atom is -0.494 e. The van der Waals surface area contributed by atoms with E-state index in [1.807, 2.05) is 43.5 Å². The number of anilines is 1. The Morgan fingerprint density at radius 3 is 2.61 bits per heavy atom. The summed E-state index contributed by atoms with van der Waals surface area (Å²) < 4.78 is 22.6. The van der Waals surface area contributed by atoms with Crippen molar-refractivity contribution in [2.75, 3.05) is 11.9 Å². The molecule has 2 aromatic carbocycles. The lowest BCUT2D eigenvalue weighted by Gasteiger charge is -2.14. The fraction of sp³-hybridized carbons (Fsp3) is 0.318. The first-order chi connectivity index (χ1) is 13.6. The maximum absolute atomic E-state index is 14.1. The van der Waals surface area contributed by atoms with Gasteiger partial charge in [0.1, 0.15) is 11.6 Å². The Labute approximate surface area is 173 Å². The van der Waals surface area contributed by atoms with Crippen LogP contribution in [0, 0.1) is 5.82 Å². The quantitative estimate of drug-likeness (QED) is 0.422. The van der Waals surface area contributed by atoms with E-state index >= 15 is 0 Å². The van der Waals surface area contributed by atoms with E-state index in [1.54, 1.807) is 6.07 Å². The number of ether oxygens (including phenoxy) is 1. The summed E-state index contributed by atoms with van der Waals surface area (Å²) in [7, 11) is 0. The highest BCUT2D eigenvalue weighted by molar-refractivity contribution is 9.10. The molecule has 0 aliphatic heterocycles. The number of unbranched alkanes of at least 4 members (excludes halogenated alkanes) is 1. The van der Waals surface area contributed by atoms with Crippen LogP contribution in [-0.2, 0) is 13.1 Å². The first-order valence-electron chi connectivity index (χ1n) is 9.59. The second kappa shape index (κ2) is 9.73. The van der Waals surface area contributed by atoms with Crippen LogP contribution >= 0.6 is 15.9 Å². The monoisotopic (exact) mass is 445 g/mol. The Morgan fingerprint density at radius 2 is 1.93 bits per heavy atom. The van der Waals surface area contributed by atoms with Crippen molar-refractivity contribution < 1.29 is 9.13 Å². The zero-order chi connectivity index (χ0) is 19.9. The van der Waals surface area contributed by atoms with Crippen LogP contribution in [0.1, 0.15) is 32.3 Å². The van der Waals surface area contributed by atoms with Gasteiger partial charge in [-0.25, -0.2) is 9.37 Å². The van der Waals surface area contributed by atoms with Crippen molar-refractivity contribution >= 4 is 21.9 Å². The molecule has 0 bridgehead atoms. The lowest BCUT2D eigenvalue weighted by atomic mass is 10.1. The van der Waals surface area contributed by atoms with Crippen LogP contribution in [0.4, 0.5) is 10.3 Å². The highest BCUT2D eigenvalue weighted by Gasteiger charge is 2.13. The Hall–Kier alpha value is -2.34. The molecule has 0 fully saturated rings. The zero-order valence-electron chi connectivity index (χ0n) is 16.2. The molecule has 4 nitrogen and oxygen atoms in total. The van der Waals surface area contributed by atoms with Crippen LogP contribution in [-0.4, -0.2) is 16.2 Å². The number of nitrogens with one attached hydrogen (secondary N) is 1. The van der Waals surface area contributed by atoms with E-state index in [0.29, 0.717) is 18.7 Å². The molecule has 0 aliphatic carbocycles. The minimum atomic E-state index is -0.236. The smallest absolute Gasteiger partial charge is 0.203 e. The Balaban J connectivity index is 1.85. The van der Waals surface area contributed by atoms with Gasteiger partial charge in [-0.15, -0.1) is 0 Å². The van der Waals surface area contributed by atoms with Gasteiger partial charge in [0.25, 0.3) is 0 Å². The lowest BCUT2D eigenvalue weighted by Crippen LogP contribution is -2.10. The van der Waals surface area contributed by atoms with Crippen molar-refractivity contribution in [2.45, 2.75) is 39.8 Å². The predicted molar refractivity (Wildman–Crippen MR) is 115 cm³/mol. The predicted octanol–water partition coefficient (Wildman–Crippen LogP) is 6.26. The highest BCUT2D eigenvalue weighted by atomic mass is 79.9. The molecule has 148 valence electrons. The minimum absolute atomic E-state index is 0.236. The van der Waals surface area contributed by atoms with Gasteiger partial charge in [0.2, 0.25) is 5.95 Å². The molecule has 0 aliphatic rings. The third-order valence-electron chi connectivity index (χ3n) is 4.54. The summed E-state index contributed by atoms with van der Waals surface area (Å²) in [5, 5.41) is 3.30. The van der Waals surface area contributed by atoms with Crippen LogP contribution in [0.5, 0.6) is 5.75 Å². The van der Waals surface area contributed by atoms with Crippen LogP contribution < -0.4 is 10.1 Å². The lowest BCUT2D eigenvalue weighted by molar-refractivity contribution is 0.340. The largest absolute Gasteiger partial charge is 0.494 e. The van der Waals surface area contributed by atoms with E-state index in [2.05, 4.69) is 37.7 Å². The average Bonchev–Trinajstić information content (AvgIpc) is 3.09. The molecule has 0 radical (unpaired) electrons. The maximum Gasteiger partial charge on any atom is 0.203 e.